The van der Waals surface area contributed by atoms with E-state index >= 15 is 0 Å². The molecule has 19 heavy (non-hydrogen) atoms. The van der Waals surface area contributed by atoms with Crippen molar-refractivity contribution >= 4 is 33.3 Å². The lowest BCUT2D eigenvalue weighted by Gasteiger charge is -2.11. The average molecular weight is 277 g/mol. The molecule has 1 heterocycles. The van der Waals surface area contributed by atoms with Crippen molar-refractivity contribution in [2.24, 2.45) is 0 Å². The summed E-state index contributed by atoms with van der Waals surface area (Å²) in [5, 5.41) is 12.6. The summed E-state index contributed by atoms with van der Waals surface area (Å²) in [6.07, 6.45) is 0.366. The van der Waals surface area contributed by atoms with Crippen LogP contribution in [0.3, 0.4) is 0 Å². The van der Waals surface area contributed by atoms with Gasteiger partial charge in [0.15, 0.2) is 0 Å². The van der Waals surface area contributed by atoms with Crippen LogP contribution >= 0.6 is 11.3 Å². The zero-order valence-corrected chi connectivity index (χ0v) is 11.6. The summed E-state index contributed by atoms with van der Waals surface area (Å²) in [5.41, 5.74) is 0.901. The molecule has 100 valence electrons. The minimum atomic E-state index is -1.00. The number of thiophene rings is 1. The highest BCUT2D eigenvalue weighted by Gasteiger charge is 2.21. The van der Waals surface area contributed by atoms with Gasteiger partial charge in [0.25, 0.3) is 5.91 Å². The maximum atomic E-state index is 12.1. The van der Waals surface area contributed by atoms with E-state index < -0.39 is 12.0 Å². The number of benzene rings is 1. The summed E-state index contributed by atoms with van der Waals surface area (Å²) < 4.78 is 1.04. The van der Waals surface area contributed by atoms with Gasteiger partial charge in [0, 0.05) is 4.70 Å². The van der Waals surface area contributed by atoms with E-state index in [1.54, 1.807) is 6.92 Å². The van der Waals surface area contributed by atoms with Crippen LogP contribution < -0.4 is 5.32 Å². The molecule has 5 heteroatoms. The third-order valence-corrected chi connectivity index (χ3v) is 4.33. The van der Waals surface area contributed by atoms with Crippen LogP contribution in [0.15, 0.2) is 24.3 Å². The first-order valence-corrected chi connectivity index (χ1v) is 6.88. The van der Waals surface area contributed by atoms with E-state index in [1.165, 1.54) is 11.3 Å². The molecule has 0 bridgehead atoms. The van der Waals surface area contributed by atoms with E-state index in [4.69, 9.17) is 5.11 Å². The first-order chi connectivity index (χ1) is 9.04. The lowest BCUT2D eigenvalue weighted by atomic mass is 10.1. The number of carbonyl (C=O) groups excluding carboxylic acids is 1. The monoisotopic (exact) mass is 277 g/mol. The van der Waals surface area contributed by atoms with Gasteiger partial charge >= 0.3 is 5.97 Å². The number of carboxylic acid groups (broad SMARTS) is 1. The van der Waals surface area contributed by atoms with Crippen LogP contribution in [0.1, 0.15) is 28.6 Å². The molecule has 0 spiro atoms. The van der Waals surface area contributed by atoms with Crippen LogP contribution in [0, 0.1) is 6.92 Å². The molecule has 1 unspecified atom stereocenters. The molecule has 1 atom stereocenters. The van der Waals surface area contributed by atoms with Gasteiger partial charge in [-0.05, 0) is 30.4 Å². The van der Waals surface area contributed by atoms with Crippen LogP contribution in [0.25, 0.3) is 10.1 Å². The Labute approximate surface area is 115 Å². The number of rotatable bonds is 4. The van der Waals surface area contributed by atoms with Gasteiger partial charge in [0.2, 0.25) is 0 Å². The fourth-order valence-corrected chi connectivity index (χ4v) is 3.07. The molecule has 2 rings (SSSR count). The van der Waals surface area contributed by atoms with Gasteiger partial charge in [-0.15, -0.1) is 11.3 Å². The molecular weight excluding hydrogens is 262 g/mol. The van der Waals surface area contributed by atoms with Gasteiger partial charge in [-0.2, -0.15) is 0 Å². The zero-order valence-electron chi connectivity index (χ0n) is 10.8. The van der Waals surface area contributed by atoms with Gasteiger partial charge in [0.1, 0.15) is 6.04 Å². The Balaban J connectivity index is 2.31. The van der Waals surface area contributed by atoms with Crippen LogP contribution in [-0.4, -0.2) is 23.0 Å². The standard InChI is InChI=1S/C14H15NO3S/c1-3-10(14(17)18)15-13(16)12-8(2)9-6-4-5-7-11(9)19-12/h4-7,10H,3H2,1-2H3,(H,15,16)(H,17,18). The largest absolute Gasteiger partial charge is 0.480 e. The van der Waals surface area contributed by atoms with E-state index in [-0.39, 0.29) is 5.91 Å². The van der Waals surface area contributed by atoms with Crippen molar-refractivity contribution in [3.8, 4) is 0 Å². The highest BCUT2D eigenvalue weighted by molar-refractivity contribution is 7.21. The van der Waals surface area contributed by atoms with Crippen molar-refractivity contribution in [2.45, 2.75) is 26.3 Å². The molecule has 0 aliphatic carbocycles. The molecule has 0 saturated heterocycles. The van der Waals surface area contributed by atoms with E-state index in [9.17, 15) is 9.59 Å². The second kappa shape index (κ2) is 5.40. The van der Waals surface area contributed by atoms with Crippen LogP contribution in [-0.2, 0) is 4.79 Å². The first kappa shape index (κ1) is 13.5. The van der Waals surface area contributed by atoms with Gasteiger partial charge in [-0.1, -0.05) is 25.1 Å². The van der Waals surface area contributed by atoms with E-state index in [0.717, 1.165) is 15.6 Å². The lowest BCUT2D eigenvalue weighted by molar-refractivity contribution is -0.139. The van der Waals surface area contributed by atoms with Gasteiger partial charge in [-0.25, -0.2) is 4.79 Å². The maximum Gasteiger partial charge on any atom is 0.326 e. The van der Waals surface area contributed by atoms with Crippen LogP contribution in [0.5, 0.6) is 0 Å². The smallest absolute Gasteiger partial charge is 0.326 e. The molecule has 4 nitrogen and oxygen atoms in total. The fraction of sp³-hybridized carbons (Fsp3) is 0.286. The van der Waals surface area contributed by atoms with Gasteiger partial charge in [-0.3, -0.25) is 4.79 Å². The number of aliphatic carboxylic acids is 1. The summed E-state index contributed by atoms with van der Waals surface area (Å²) in [5.74, 6) is -1.32. The summed E-state index contributed by atoms with van der Waals surface area (Å²) in [6.45, 7) is 3.62. The minimum Gasteiger partial charge on any atom is -0.480 e. The normalized spacial score (nSPS) is 12.3. The number of hydrogen-bond donors (Lipinski definition) is 2. The van der Waals surface area contributed by atoms with Crippen molar-refractivity contribution < 1.29 is 14.7 Å². The molecule has 2 N–H and O–H groups in total. The number of carboxylic acids is 1. The molecule has 0 radical (unpaired) electrons. The highest BCUT2D eigenvalue weighted by atomic mass is 32.1. The summed E-state index contributed by atoms with van der Waals surface area (Å²) in [7, 11) is 0. The predicted octanol–water partition coefficient (Wildman–Crippen LogP) is 2.80. The first-order valence-electron chi connectivity index (χ1n) is 6.06. The summed E-state index contributed by atoms with van der Waals surface area (Å²) in [4.78, 5) is 23.7. The Morgan fingerprint density at radius 1 is 1.37 bits per heavy atom. The van der Waals surface area contributed by atoms with Crippen LogP contribution in [0.4, 0.5) is 0 Å². The van der Waals surface area contributed by atoms with Crippen molar-refractivity contribution in [1.82, 2.24) is 5.32 Å². The van der Waals surface area contributed by atoms with Crippen molar-refractivity contribution in [3.63, 3.8) is 0 Å². The van der Waals surface area contributed by atoms with Crippen LogP contribution in [0.2, 0.25) is 0 Å². The number of nitrogens with one attached hydrogen (secondary N) is 1. The molecule has 0 aliphatic rings. The minimum absolute atomic E-state index is 0.312. The Kier molecular flexibility index (Phi) is 3.85. The van der Waals surface area contributed by atoms with Crippen molar-refractivity contribution in [1.29, 1.82) is 0 Å². The molecule has 1 amide bonds. The number of carbonyl (C=O) groups is 2. The topological polar surface area (TPSA) is 66.4 Å². The zero-order chi connectivity index (χ0) is 14.0. The quantitative estimate of drug-likeness (QED) is 0.903. The third-order valence-electron chi connectivity index (χ3n) is 3.06. The molecule has 1 aromatic heterocycles. The molecule has 2 aromatic rings. The SMILES string of the molecule is CCC(NC(=O)c1sc2ccccc2c1C)C(=O)O. The highest BCUT2D eigenvalue weighted by Crippen LogP contribution is 2.30. The Bertz CT molecular complexity index is 633. The van der Waals surface area contributed by atoms with Crippen molar-refractivity contribution in [2.75, 3.05) is 0 Å². The molecule has 1 aromatic carbocycles. The number of amides is 1. The number of fused-ring (bicyclic) bond motifs is 1. The second-order valence-electron chi connectivity index (χ2n) is 4.32. The Hall–Kier alpha value is -1.88. The second-order valence-corrected chi connectivity index (χ2v) is 5.38. The number of aryl methyl sites for hydroxylation is 1. The Morgan fingerprint density at radius 2 is 2.05 bits per heavy atom. The Morgan fingerprint density at radius 3 is 2.63 bits per heavy atom. The van der Waals surface area contributed by atoms with E-state index in [1.807, 2.05) is 31.2 Å². The van der Waals surface area contributed by atoms with Crippen molar-refractivity contribution in [3.05, 3.63) is 34.7 Å². The fourth-order valence-electron chi connectivity index (χ4n) is 1.95. The molecule has 0 saturated carbocycles. The third kappa shape index (κ3) is 2.61. The number of hydrogen-bond acceptors (Lipinski definition) is 3. The van der Waals surface area contributed by atoms with Gasteiger partial charge < -0.3 is 10.4 Å². The predicted molar refractivity (Wildman–Crippen MR) is 75.7 cm³/mol. The van der Waals surface area contributed by atoms with Gasteiger partial charge in [0.05, 0.1) is 4.88 Å². The van der Waals surface area contributed by atoms with E-state index in [2.05, 4.69) is 5.32 Å². The van der Waals surface area contributed by atoms with E-state index in [0.29, 0.717) is 11.3 Å². The summed E-state index contributed by atoms with van der Waals surface area (Å²) >= 11 is 1.39. The maximum absolute atomic E-state index is 12.1. The molecular formula is C14H15NO3S. The lowest BCUT2D eigenvalue weighted by Crippen LogP contribution is -2.40. The molecule has 0 aliphatic heterocycles. The molecule has 0 fully saturated rings. The average Bonchev–Trinajstić information content (AvgIpc) is 2.73. The summed E-state index contributed by atoms with van der Waals surface area (Å²) in [6, 6.07) is 6.93.